The van der Waals surface area contributed by atoms with Gasteiger partial charge in [0.15, 0.2) is 0 Å². The summed E-state index contributed by atoms with van der Waals surface area (Å²) in [4.78, 5) is 0. The molecule has 0 nitrogen and oxygen atoms in total. The maximum atomic E-state index is 14.1. The zero-order chi connectivity index (χ0) is 14.8. The summed E-state index contributed by atoms with van der Waals surface area (Å²) in [6.07, 6.45) is -3.26. The molecule has 0 N–H and O–H groups in total. The van der Waals surface area contributed by atoms with Gasteiger partial charge in [-0.1, -0.05) is 46.3 Å². The van der Waals surface area contributed by atoms with E-state index >= 15 is 0 Å². The van der Waals surface area contributed by atoms with Crippen molar-refractivity contribution >= 4 is 15.9 Å². The van der Waals surface area contributed by atoms with Gasteiger partial charge in [-0.25, -0.2) is 17.6 Å². The average molecular weight is 347 g/mol. The number of alkyl halides is 4. The van der Waals surface area contributed by atoms with Crippen molar-refractivity contribution in [1.29, 1.82) is 0 Å². The van der Waals surface area contributed by atoms with Crippen LogP contribution in [0.4, 0.5) is 17.6 Å². The van der Waals surface area contributed by atoms with Gasteiger partial charge in [-0.3, -0.25) is 0 Å². The molecule has 0 fully saturated rings. The van der Waals surface area contributed by atoms with Crippen molar-refractivity contribution in [2.75, 3.05) is 0 Å². The highest BCUT2D eigenvalue weighted by Crippen LogP contribution is 2.33. The lowest BCUT2D eigenvalue weighted by molar-refractivity contribution is -0.00392. The zero-order valence-electron chi connectivity index (χ0n) is 10.3. The van der Waals surface area contributed by atoms with Crippen LogP contribution >= 0.6 is 15.9 Å². The summed E-state index contributed by atoms with van der Waals surface area (Å²) in [6.45, 7) is 0. The Morgan fingerprint density at radius 3 is 2.25 bits per heavy atom. The van der Waals surface area contributed by atoms with Gasteiger partial charge in [-0.05, 0) is 23.8 Å². The average Bonchev–Trinajstić information content (AvgIpc) is 2.39. The number of halogens is 5. The fraction of sp³-hybridized carbons (Fsp3) is 0.200. The van der Waals surface area contributed by atoms with Crippen LogP contribution in [-0.4, -0.2) is 0 Å². The number of hydrogen-bond donors (Lipinski definition) is 0. The Morgan fingerprint density at radius 2 is 1.65 bits per heavy atom. The Balaban J connectivity index is 2.23. The molecule has 0 bridgehead atoms. The van der Waals surface area contributed by atoms with Crippen LogP contribution in [0.3, 0.4) is 0 Å². The van der Waals surface area contributed by atoms with E-state index in [1.807, 2.05) is 0 Å². The Hall–Kier alpha value is -1.36. The van der Waals surface area contributed by atoms with E-state index in [0.29, 0.717) is 4.47 Å². The maximum absolute atomic E-state index is 14.1. The van der Waals surface area contributed by atoms with Gasteiger partial charge in [-0.2, -0.15) is 0 Å². The topological polar surface area (TPSA) is 0 Å². The minimum absolute atomic E-state index is 0.136. The molecule has 0 radical (unpaired) electrons. The molecular formula is C15H11BrF4. The van der Waals surface area contributed by atoms with Crippen LogP contribution in [0.5, 0.6) is 0 Å². The van der Waals surface area contributed by atoms with Gasteiger partial charge in [0, 0.05) is 22.0 Å². The third kappa shape index (κ3) is 3.60. The molecule has 0 heterocycles. The third-order valence-corrected chi connectivity index (χ3v) is 3.42. The molecule has 0 aromatic heterocycles. The fourth-order valence-electron chi connectivity index (χ4n) is 1.89. The summed E-state index contributed by atoms with van der Waals surface area (Å²) < 4.78 is 54.0. The SMILES string of the molecule is FC(F)c1cccc(CC(F)(F)c2ccc(Br)cc2)c1. The fourth-order valence-corrected chi connectivity index (χ4v) is 2.16. The molecule has 5 heteroatoms. The van der Waals surface area contributed by atoms with Crippen molar-refractivity contribution in [3.8, 4) is 0 Å². The molecule has 0 saturated heterocycles. The smallest absolute Gasteiger partial charge is 0.205 e. The summed E-state index contributed by atoms with van der Waals surface area (Å²) in [5, 5.41) is 0. The second-order valence-corrected chi connectivity index (χ2v) is 5.35. The molecule has 0 saturated carbocycles. The Bertz CT molecular complexity index is 579. The van der Waals surface area contributed by atoms with E-state index in [9.17, 15) is 17.6 Å². The van der Waals surface area contributed by atoms with Crippen LogP contribution < -0.4 is 0 Å². The van der Waals surface area contributed by atoms with Gasteiger partial charge >= 0.3 is 0 Å². The normalized spacial score (nSPS) is 11.9. The van der Waals surface area contributed by atoms with Gasteiger partial charge < -0.3 is 0 Å². The summed E-state index contributed by atoms with van der Waals surface area (Å²) in [7, 11) is 0. The summed E-state index contributed by atoms with van der Waals surface area (Å²) in [6, 6.07) is 10.8. The Labute approximate surface area is 122 Å². The number of hydrogen-bond acceptors (Lipinski definition) is 0. The molecule has 0 amide bonds. The summed E-state index contributed by atoms with van der Waals surface area (Å²) in [5.41, 5.74) is -0.187. The molecule has 0 atom stereocenters. The minimum Gasteiger partial charge on any atom is -0.205 e. The quantitative estimate of drug-likeness (QED) is 0.621. The second-order valence-electron chi connectivity index (χ2n) is 4.43. The first-order valence-electron chi connectivity index (χ1n) is 5.89. The molecule has 0 unspecified atom stereocenters. The molecule has 0 aliphatic rings. The highest BCUT2D eigenvalue weighted by Gasteiger charge is 2.31. The van der Waals surface area contributed by atoms with Crippen LogP contribution in [-0.2, 0) is 12.3 Å². The van der Waals surface area contributed by atoms with Crippen LogP contribution in [0.2, 0.25) is 0 Å². The highest BCUT2D eigenvalue weighted by atomic mass is 79.9. The molecule has 20 heavy (non-hydrogen) atoms. The predicted molar refractivity (Wildman–Crippen MR) is 73.1 cm³/mol. The van der Waals surface area contributed by atoms with Crippen LogP contribution in [0.25, 0.3) is 0 Å². The van der Waals surface area contributed by atoms with Gasteiger partial charge in [0.05, 0.1) is 0 Å². The highest BCUT2D eigenvalue weighted by molar-refractivity contribution is 9.10. The predicted octanol–water partition coefficient (Wildman–Crippen LogP) is 5.72. The van der Waals surface area contributed by atoms with Crippen LogP contribution in [0.1, 0.15) is 23.1 Å². The first kappa shape index (κ1) is 15.0. The first-order chi connectivity index (χ1) is 9.38. The van der Waals surface area contributed by atoms with E-state index < -0.39 is 18.8 Å². The van der Waals surface area contributed by atoms with Crippen molar-refractivity contribution in [3.05, 3.63) is 69.7 Å². The largest absolute Gasteiger partial charge is 0.277 e. The Kier molecular flexibility index (Phi) is 4.48. The van der Waals surface area contributed by atoms with Crippen molar-refractivity contribution in [3.63, 3.8) is 0 Å². The van der Waals surface area contributed by atoms with E-state index in [0.717, 1.165) is 6.07 Å². The van der Waals surface area contributed by atoms with Crippen molar-refractivity contribution < 1.29 is 17.6 Å². The van der Waals surface area contributed by atoms with Crippen molar-refractivity contribution in [2.45, 2.75) is 18.8 Å². The van der Waals surface area contributed by atoms with Crippen molar-refractivity contribution in [2.24, 2.45) is 0 Å². The lowest BCUT2D eigenvalue weighted by Gasteiger charge is -2.17. The summed E-state index contributed by atoms with van der Waals surface area (Å²) in [5.74, 6) is -3.10. The monoisotopic (exact) mass is 346 g/mol. The van der Waals surface area contributed by atoms with E-state index in [4.69, 9.17) is 0 Å². The molecule has 0 aliphatic heterocycles. The molecule has 106 valence electrons. The molecular weight excluding hydrogens is 336 g/mol. The number of rotatable bonds is 4. The first-order valence-corrected chi connectivity index (χ1v) is 6.68. The van der Waals surface area contributed by atoms with Gasteiger partial charge in [0.25, 0.3) is 12.3 Å². The standard InChI is InChI=1S/C15H11BrF4/c16-13-6-4-12(5-7-13)15(19,20)9-10-2-1-3-11(8-10)14(17)18/h1-8,14H,9H2. The van der Waals surface area contributed by atoms with E-state index in [1.165, 1.54) is 42.5 Å². The molecule has 2 aromatic rings. The molecule has 0 aliphatic carbocycles. The van der Waals surface area contributed by atoms with E-state index in [-0.39, 0.29) is 16.7 Å². The number of benzene rings is 2. The minimum atomic E-state index is -3.10. The lowest BCUT2D eigenvalue weighted by Crippen LogP contribution is -2.17. The summed E-state index contributed by atoms with van der Waals surface area (Å²) >= 11 is 3.18. The molecule has 2 rings (SSSR count). The second kappa shape index (κ2) is 5.95. The molecule has 2 aromatic carbocycles. The van der Waals surface area contributed by atoms with Gasteiger partial charge in [0.2, 0.25) is 0 Å². The van der Waals surface area contributed by atoms with Crippen LogP contribution in [0, 0.1) is 0 Å². The van der Waals surface area contributed by atoms with Gasteiger partial charge in [-0.15, -0.1) is 0 Å². The maximum Gasteiger partial charge on any atom is 0.277 e. The van der Waals surface area contributed by atoms with Gasteiger partial charge in [0.1, 0.15) is 0 Å². The molecule has 0 spiro atoms. The Morgan fingerprint density at radius 1 is 1.00 bits per heavy atom. The van der Waals surface area contributed by atoms with E-state index in [1.54, 1.807) is 0 Å². The van der Waals surface area contributed by atoms with Crippen LogP contribution in [0.15, 0.2) is 53.0 Å². The zero-order valence-corrected chi connectivity index (χ0v) is 11.9. The van der Waals surface area contributed by atoms with Crippen molar-refractivity contribution in [1.82, 2.24) is 0 Å². The third-order valence-electron chi connectivity index (χ3n) is 2.90. The lowest BCUT2D eigenvalue weighted by atomic mass is 9.99. The van der Waals surface area contributed by atoms with E-state index in [2.05, 4.69) is 15.9 Å².